The van der Waals surface area contributed by atoms with Crippen molar-refractivity contribution in [1.29, 1.82) is 0 Å². The SMILES string of the molecule is CC[C@H]1Cn2c(C(=O)N3CCC4(CC3)OCCO4)cc3cccc(c32)O1. The Kier molecular flexibility index (Phi) is 3.72. The van der Waals surface area contributed by atoms with E-state index in [9.17, 15) is 4.79 Å². The average Bonchev–Trinajstić information content (AvgIpc) is 3.28. The van der Waals surface area contributed by atoms with Crippen molar-refractivity contribution in [3.05, 3.63) is 30.0 Å². The lowest BCUT2D eigenvalue weighted by molar-refractivity contribution is -0.181. The molecule has 2 aromatic rings. The van der Waals surface area contributed by atoms with Crippen molar-refractivity contribution in [3.8, 4) is 5.75 Å². The van der Waals surface area contributed by atoms with E-state index in [1.54, 1.807) is 0 Å². The number of benzene rings is 1. The van der Waals surface area contributed by atoms with Gasteiger partial charge in [0.05, 0.1) is 25.3 Å². The first-order valence-corrected chi connectivity index (χ1v) is 9.55. The Balaban J connectivity index is 1.45. The van der Waals surface area contributed by atoms with E-state index in [4.69, 9.17) is 14.2 Å². The molecule has 0 N–H and O–H groups in total. The Bertz CT molecular complexity index is 843. The third-order valence-electron chi connectivity index (χ3n) is 5.86. The van der Waals surface area contributed by atoms with Crippen LogP contribution in [-0.4, -0.2) is 53.6 Å². The lowest BCUT2D eigenvalue weighted by atomic mass is 10.0. The van der Waals surface area contributed by atoms with Gasteiger partial charge in [-0.2, -0.15) is 0 Å². The number of piperidine rings is 1. The van der Waals surface area contributed by atoms with Gasteiger partial charge in [-0.05, 0) is 18.6 Å². The number of para-hydroxylation sites is 1. The van der Waals surface area contributed by atoms with Gasteiger partial charge in [0.15, 0.2) is 5.79 Å². The molecule has 5 rings (SSSR count). The molecule has 1 aromatic carbocycles. The van der Waals surface area contributed by atoms with Crippen molar-refractivity contribution in [2.24, 2.45) is 0 Å². The predicted molar refractivity (Wildman–Crippen MR) is 96.4 cm³/mol. The van der Waals surface area contributed by atoms with Crippen LogP contribution in [0.1, 0.15) is 36.7 Å². The predicted octanol–water partition coefficient (Wildman–Crippen LogP) is 2.79. The lowest BCUT2D eigenvalue weighted by Gasteiger charge is -2.37. The molecular formula is C20H24N2O4. The van der Waals surface area contributed by atoms with Crippen LogP contribution in [-0.2, 0) is 16.0 Å². The third kappa shape index (κ3) is 2.43. The number of carbonyl (C=O) groups is 1. The normalized spacial score (nSPS) is 24.2. The summed E-state index contributed by atoms with van der Waals surface area (Å²) in [5, 5.41) is 1.07. The van der Waals surface area contributed by atoms with Crippen molar-refractivity contribution in [1.82, 2.24) is 9.47 Å². The molecule has 1 atom stereocenters. The van der Waals surface area contributed by atoms with Gasteiger partial charge >= 0.3 is 0 Å². The fourth-order valence-corrected chi connectivity index (χ4v) is 4.38. The number of aromatic nitrogens is 1. The molecule has 1 amide bonds. The molecule has 4 heterocycles. The molecule has 0 radical (unpaired) electrons. The fourth-order valence-electron chi connectivity index (χ4n) is 4.38. The molecule has 138 valence electrons. The molecule has 0 unspecified atom stereocenters. The Morgan fingerprint density at radius 3 is 2.73 bits per heavy atom. The zero-order chi connectivity index (χ0) is 17.7. The standard InChI is InChI=1S/C20H24N2O4/c1-2-15-13-22-16(12-14-4-3-5-17(26-15)18(14)22)19(23)21-8-6-20(7-9-21)24-10-11-25-20/h3-5,12,15H,2,6-11,13H2,1H3/t15-/m0/s1. The quantitative estimate of drug-likeness (QED) is 0.830. The van der Waals surface area contributed by atoms with E-state index in [-0.39, 0.29) is 12.0 Å². The monoisotopic (exact) mass is 356 g/mol. The van der Waals surface area contributed by atoms with E-state index >= 15 is 0 Å². The second-order valence-electron chi connectivity index (χ2n) is 7.38. The number of carbonyl (C=O) groups excluding carboxylic acids is 1. The molecule has 0 saturated carbocycles. The number of likely N-dealkylation sites (tertiary alicyclic amines) is 1. The third-order valence-corrected chi connectivity index (χ3v) is 5.86. The average molecular weight is 356 g/mol. The number of rotatable bonds is 2. The van der Waals surface area contributed by atoms with Crippen molar-refractivity contribution >= 4 is 16.8 Å². The van der Waals surface area contributed by atoms with Crippen LogP contribution < -0.4 is 4.74 Å². The van der Waals surface area contributed by atoms with Gasteiger partial charge in [0.1, 0.15) is 17.5 Å². The summed E-state index contributed by atoms with van der Waals surface area (Å²) in [7, 11) is 0. The summed E-state index contributed by atoms with van der Waals surface area (Å²) in [5.74, 6) is 0.519. The molecule has 1 spiro atoms. The highest BCUT2D eigenvalue weighted by atomic mass is 16.7. The first kappa shape index (κ1) is 16.1. The van der Waals surface area contributed by atoms with Crippen LogP contribution in [0.3, 0.4) is 0 Å². The van der Waals surface area contributed by atoms with Crippen LogP contribution in [0.4, 0.5) is 0 Å². The number of nitrogens with zero attached hydrogens (tertiary/aromatic N) is 2. The molecule has 2 fully saturated rings. The number of ether oxygens (including phenoxy) is 3. The Morgan fingerprint density at radius 2 is 2.00 bits per heavy atom. The van der Waals surface area contributed by atoms with Gasteiger partial charge in [0, 0.05) is 31.3 Å². The van der Waals surface area contributed by atoms with Crippen molar-refractivity contribution < 1.29 is 19.0 Å². The molecule has 3 aliphatic rings. The second-order valence-corrected chi connectivity index (χ2v) is 7.38. The summed E-state index contributed by atoms with van der Waals surface area (Å²) in [6.07, 6.45) is 2.51. The highest BCUT2D eigenvalue weighted by Gasteiger charge is 2.41. The van der Waals surface area contributed by atoms with E-state index in [1.807, 2.05) is 29.2 Å². The maximum atomic E-state index is 13.3. The Hall–Kier alpha value is -2.05. The molecule has 0 aliphatic carbocycles. The fraction of sp³-hybridized carbons (Fsp3) is 0.550. The number of hydrogen-bond acceptors (Lipinski definition) is 4. The van der Waals surface area contributed by atoms with Crippen LogP contribution in [0.5, 0.6) is 5.75 Å². The van der Waals surface area contributed by atoms with Crippen LogP contribution in [0.25, 0.3) is 10.9 Å². The Labute approximate surface area is 152 Å². The molecule has 1 aromatic heterocycles. The van der Waals surface area contributed by atoms with E-state index < -0.39 is 5.79 Å². The van der Waals surface area contributed by atoms with Gasteiger partial charge in [-0.3, -0.25) is 4.79 Å². The zero-order valence-corrected chi connectivity index (χ0v) is 15.1. The minimum atomic E-state index is -0.455. The van der Waals surface area contributed by atoms with Gasteiger partial charge in [0.25, 0.3) is 5.91 Å². The summed E-state index contributed by atoms with van der Waals surface area (Å²) in [6, 6.07) is 8.05. The van der Waals surface area contributed by atoms with Crippen molar-refractivity contribution in [3.63, 3.8) is 0 Å². The number of hydrogen-bond donors (Lipinski definition) is 0. The molecule has 26 heavy (non-hydrogen) atoms. The highest BCUT2D eigenvalue weighted by molar-refractivity contribution is 6.00. The topological polar surface area (TPSA) is 52.9 Å². The maximum absolute atomic E-state index is 13.3. The lowest BCUT2D eigenvalue weighted by Crippen LogP contribution is -2.47. The number of amides is 1. The minimum absolute atomic E-state index is 0.0942. The van der Waals surface area contributed by atoms with Crippen molar-refractivity contribution in [2.75, 3.05) is 26.3 Å². The first-order chi connectivity index (χ1) is 12.7. The van der Waals surface area contributed by atoms with E-state index in [0.717, 1.165) is 48.2 Å². The van der Waals surface area contributed by atoms with E-state index in [1.165, 1.54) is 0 Å². The highest BCUT2D eigenvalue weighted by Crippen LogP contribution is 2.36. The molecule has 6 heteroatoms. The molecular weight excluding hydrogens is 332 g/mol. The van der Waals surface area contributed by atoms with Gasteiger partial charge in [-0.15, -0.1) is 0 Å². The van der Waals surface area contributed by atoms with Crippen LogP contribution in [0.2, 0.25) is 0 Å². The van der Waals surface area contributed by atoms with E-state index in [2.05, 4.69) is 11.5 Å². The first-order valence-electron chi connectivity index (χ1n) is 9.55. The van der Waals surface area contributed by atoms with Crippen molar-refractivity contribution in [2.45, 2.75) is 44.6 Å². The molecule has 0 bridgehead atoms. The van der Waals surface area contributed by atoms with Crippen LogP contribution >= 0.6 is 0 Å². The van der Waals surface area contributed by atoms with Gasteiger partial charge < -0.3 is 23.7 Å². The van der Waals surface area contributed by atoms with E-state index in [0.29, 0.717) is 26.3 Å². The second kappa shape index (κ2) is 5.99. The summed E-state index contributed by atoms with van der Waals surface area (Å²) in [5.41, 5.74) is 1.80. The summed E-state index contributed by atoms with van der Waals surface area (Å²) >= 11 is 0. The van der Waals surface area contributed by atoms with Gasteiger partial charge in [-0.1, -0.05) is 19.1 Å². The van der Waals surface area contributed by atoms with Gasteiger partial charge in [0.2, 0.25) is 0 Å². The molecule has 6 nitrogen and oxygen atoms in total. The molecule has 2 saturated heterocycles. The maximum Gasteiger partial charge on any atom is 0.270 e. The van der Waals surface area contributed by atoms with Crippen LogP contribution in [0, 0.1) is 0 Å². The minimum Gasteiger partial charge on any atom is -0.486 e. The summed E-state index contributed by atoms with van der Waals surface area (Å²) in [6.45, 7) is 5.49. The zero-order valence-electron chi connectivity index (χ0n) is 15.1. The largest absolute Gasteiger partial charge is 0.486 e. The Morgan fingerprint density at radius 1 is 1.23 bits per heavy atom. The molecule has 3 aliphatic heterocycles. The summed E-state index contributed by atoms with van der Waals surface area (Å²) < 4.78 is 19.8. The van der Waals surface area contributed by atoms with Gasteiger partial charge in [-0.25, -0.2) is 0 Å². The van der Waals surface area contributed by atoms with Crippen LogP contribution in [0.15, 0.2) is 24.3 Å². The smallest absolute Gasteiger partial charge is 0.270 e. The summed E-state index contributed by atoms with van der Waals surface area (Å²) in [4.78, 5) is 15.2.